The molecule has 8 heteroatoms. The zero-order valence-corrected chi connectivity index (χ0v) is 17.5. The number of carbonyl (C=O) groups is 3. The molecule has 0 unspecified atom stereocenters. The molecule has 156 valence electrons. The van der Waals surface area contributed by atoms with E-state index in [-0.39, 0.29) is 16.8 Å². The third kappa shape index (κ3) is 4.46. The first-order valence-electron chi connectivity index (χ1n) is 9.41. The lowest BCUT2D eigenvalue weighted by atomic mass is 10.2. The Bertz CT molecular complexity index is 997. The predicted molar refractivity (Wildman–Crippen MR) is 114 cm³/mol. The van der Waals surface area contributed by atoms with Crippen LogP contribution < -0.4 is 15.0 Å². The van der Waals surface area contributed by atoms with E-state index in [1.807, 2.05) is 6.92 Å². The van der Waals surface area contributed by atoms with Gasteiger partial charge in [0.2, 0.25) is 0 Å². The van der Waals surface area contributed by atoms with Crippen LogP contribution >= 0.6 is 11.6 Å². The third-order valence-electron chi connectivity index (χ3n) is 4.17. The number of amides is 2. The van der Waals surface area contributed by atoms with E-state index < -0.39 is 17.8 Å². The van der Waals surface area contributed by atoms with Gasteiger partial charge in [-0.05, 0) is 69.3 Å². The minimum atomic E-state index is -0.646. The summed E-state index contributed by atoms with van der Waals surface area (Å²) in [5, 5.41) is 2.69. The summed E-state index contributed by atoms with van der Waals surface area (Å²) in [6.45, 7) is 5.93. The number of esters is 1. The number of imide groups is 1. The highest BCUT2D eigenvalue weighted by atomic mass is 35.5. The number of hydrogen-bond donors (Lipinski definition) is 1. The molecule has 7 nitrogen and oxygen atoms in total. The number of halogens is 1. The van der Waals surface area contributed by atoms with Gasteiger partial charge in [0.05, 0.1) is 24.0 Å². The normalized spacial score (nSPS) is 13.8. The maximum Gasteiger partial charge on any atom is 0.338 e. The lowest BCUT2D eigenvalue weighted by Crippen LogP contribution is -2.32. The van der Waals surface area contributed by atoms with Gasteiger partial charge in [0.15, 0.2) is 0 Å². The number of hydrogen-bond acceptors (Lipinski definition) is 6. The Hall–Kier alpha value is -3.32. The van der Waals surface area contributed by atoms with Crippen molar-refractivity contribution in [3.8, 4) is 5.75 Å². The fraction of sp³-hybridized carbons (Fsp3) is 0.227. The first-order chi connectivity index (χ1) is 14.3. The Morgan fingerprint density at radius 1 is 1.03 bits per heavy atom. The highest BCUT2D eigenvalue weighted by Crippen LogP contribution is 2.30. The summed E-state index contributed by atoms with van der Waals surface area (Å²) in [5.41, 5.74) is 1.18. The van der Waals surface area contributed by atoms with Crippen molar-refractivity contribution < 1.29 is 23.9 Å². The minimum absolute atomic E-state index is 0.0193. The van der Waals surface area contributed by atoms with Crippen LogP contribution in [0.4, 0.5) is 11.4 Å². The van der Waals surface area contributed by atoms with Crippen molar-refractivity contribution in [1.82, 2.24) is 0 Å². The molecule has 30 heavy (non-hydrogen) atoms. The molecule has 1 heterocycles. The molecule has 0 spiro atoms. The van der Waals surface area contributed by atoms with E-state index in [1.165, 1.54) is 24.3 Å². The average molecular weight is 429 g/mol. The molecule has 3 rings (SSSR count). The smallest absolute Gasteiger partial charge is 0.338 e. The molecule has 1 aliphatic heterocycles. The van der Waals surface area contributed by atoms with Gasteiger partial charge in [-0.25, -0.2) is 9.69 Å². The summed E-state index contributed by atoms with van der Waals surface area (Å²) in [5.74, 6) is -1.02. The fourth-order valence-electron chi connectivity index (χ4n) is 2.82. The quantitative estimate of drug-likeness (QED) is 0.528. The Morgan fingerprint density at radius 3 is 2.23 bits per heavy atom. The van der Waals surface area contributed by atoms with Crippen LogP contribution in [0.5, 0.6) is 5.75 Å². The monoisotopic (exact) mass is 428 g/mol. The van der Waals surface area contributed by atoms with Crippen molar-refractivity contribution in [3.63, 3.8) is 0 Å². The fourth-order valence-corrected chi connectivity index (χ4v) is 3.03. The van der Waals surface area contributed by atoms with Crippen LogP contribution in [-0.4, -0.2) is 30.5 Å². The summed E-state index contributed by atoms with van der Waals surface area (Å²) in [4.78, 5) is 38.4. The molecule has 2 amide bonds. The SMILES string of the molecule is CCOc1ccc(NC2=C(Cl)C(=O)N(c3ccc(C(=O)OC(C)C)cc3)C2=O)cc1. The molecular formula is C22H21ClN2O5. The minimum Gasteiger partial charge on any atom is -0.494 e. The van der Waals surface area contributed by atoms with Gasteiger partial charge in [-0.15, -0.1) is 0 Å². The van der Waals surface area contributed by atoms with Crippen LogP contribution in [0, 0.1) is 0 Å². The summed E-state index contributed by atoms with van der Waals surface area (Å²) in [6.07, 6.45) is -0.252. The van der Waals surface area contributed by atoms with E-state index >= 15 is 0 Å². The highest BCUT2D eigenvalue weighted by molar-refractivity contribution is 6.53. The molecule has 2 aromatic carbocycles. The molecule has 0 saturated carbocycles. The molecular weight excluding hydrogens is 408 g/mol. The van der Waals surface area contributed by atoms with Gasteiger partial charge >= 0.3 is 5.97 Å². The maximum atomic E-state index is 12.8. The molecule has 0 bridgehead atoms. The largest absolute Gasteiger partial charge is 0.494 e. The van der Waals surface area contributed by atoms with Crippen molar-refractivity contribution in [2.45, 2.75) is 26.9 Å². The molecule has 0 fully saturated rings. The van der Waals surface area contributed by atoms with Crippen LogP contribution in [0.25, 0.3) is 0 Å². The van der Waals surface area contributed by atoms with Gasteiger partial charge in [0.25, 0.3) is 11.8 Å². The average Bonchev–Trinajstić information content (AvgIpc) is 2.92. The molecule has 1 N–H and O–H groups in total. The topological polar surface area (TPSA) is 84.9 Å². The van der Waals surface area contributed by atoms with Gasteiger partial charge < -0.3 is 14.8 Å². The van der Waals surface area contributed by atoms with Gasteiger partial charge in [-0.3, -0.25) is 9.59 Å². The number of benzene rings is 2. The van der Waals surface area contributed by atoms with Gasteiger partial charge in [-0.2, -0.15) is 0 Å². The van der Waals surface area contributed by atoms with Crippen LogP contribution in [0.3, 0.4) is 0 Å². The number of nitrogens with one attached hydrogen (secondary N) is 1. The molecule has 2 aromatic rings. The van der Waals surface area contributed by atoms with Gasteiger partial charge in [0.1, 0.15) is 16.5 Å². The third-order valence-corrected chi connectivity index (χ3v) is 4.52. The number of nitrogens with zero attached hydrogens (tertiary/aromatic N) is 1. The first-order valence-corrected chi connectivity index (χ1v) is 9.79. The van der Waals surface area contributed by atoms with E-state index in [1.54, 1.807) is 38.1 Å². The van der Waals surface area contributed by atoms with Crippen LogP contribution in [-0.2, 0) is 14.3 Å². The molecule has 0 atom stereocenters. The summed E-state index contributed by atoms with van der Waals surface area (Å²) < 4.78 is 10.5. The summed E-state index contributed by atoms with van der Waals surface area (Å²) in [7, 11) is 0. The van der Waals surface area contributed by atoms with Crippen molar-refractivity contribution in [1.29, 1.82) is 0 Å². The highest BCUT2D eigenvalue weighted by Gasteiger charge is 2.39. The Labute approximate surface area is 179 Å². The Morgan fingerprint density at radius 2 is 1.67 bits per heavy atom. The van der Waals surface area contributed by atoms with E-state index in [9.17, 15) is 14.4 Å². The van der Waals surface area contributed by atoms with E-state index in [0.717, 1.165) is 4.90 Å². The van der Waals surface area contributed by atoms with Gasteiger partial charge in [0, 0.05) is 5.69 Å². The molecule has 0 aromatic heterocycles. The van der Waals surface area contributed by atoms with Crippen molar-refractivity contribution in [2.24, 2.45) is 0 Å². The standard InChI is InChI=1S/C22H21ClN2O5/c1-4-29-17-11-7-15(8-12-17)24-19-18(23)20(26)25(21(19)27)16-9-5-14(6-10-16)22(28)30-13(2)3/h5-13,24H,4H2,1-3H3. The first kappa shape index (κ1) is 21.4. The van der Waals surface area contributed by atoms with Gasteiger partial charge in [-0.1, -0.05) is 11.6 Å². The number of anilines is 2. The molecule has 1 aliphatic rings. The number of rotatable bonds is 7. The van der Waals surface area contributed by atoms with Crippen LogP contribution in [0.1, 0.15) is 31.1 Å². The van der Waals surface area contributed by atoms with E-state index in [4.69, 9.17) is 21.1 Å². The van der Waals surface area contributed by atoms with Crippen molar-refractivity contribution in [3.05, 3.63) is 64.8 Å². The lowest BCUT2D eigenvalue weighted by molar-refractivity contribution is -0.120. The second-order valence-corrected chi connectivity index (χ2v) is 7.10. The molecule has 0 radical (unpaired) electrons. The second kappa shape index (κ2) is 9.00. The maximum absolute atomic E-state index is 12.8. The van der Waals surface area contributed by atoms with Crippen molar-refractivity contribution in [2.75, 3.05) is 16.8 Å². The van der Waals surface area contributed by atoms with E-state index in [0.29, 0.717) is 29.3 Å². The van der Waals surface area contributed by atoms with Crippen LogP contribution in [0.15, 0.2) is 59.3 Å². The molecule has 0 saturated heterocycles. The Balaban J connectivity index is 1.77. The second-order valence-electron chi connectivity index (χ2n) is 6.72. The summed E-state index contributed by atoms with van der Waals surface area (Å²) >= 11 is 6.14. The molecule has 0 aliphatic carbocycles. The number of ether oxygens (including phenoxy) is 2. The predicted octanol–water partition coefficient (Wildman–Crippen LogP) is 4.09. The summed E-state index contributed by atoms with van der Waals surface area (Å²) in [6, 6.07) is 12.9. The van der Waals surface area contributed by atoms with Crippen molar-refractivity contribution >= 4 is 40.8 Å². The lowest BCUT2D eigenvalue weighted by Gasteiger charge is -2.16. The zero-order valence-electron chi connectivity index (χ0n) is 16.8. The zero-order chi connectivity index (χ0) is 21.8. The van der Waals surface area contributed by atoms with E-state index in [2.05, 4.69) is 5.32 Å². The Kier molecular flexibility index (Phi) is 6.42. The van der Waals surface area contributed by atoms with Crippen LogP contribution in [0.2, 0.25) is 0 Å². The number of carbonyl (C=O) groups excluding carboxylic acids is 3.